The zero-order valence-electron chi connectivity index (χ0n) is 18.7. The number of hydrogen-bond acceptors (Lipinski definition) is 4. The van der Waals surface area contributed by atoms with Gasteiger partial charge in [-0.25, -0.2) is 4.79 Å². The van der Waals surface area contributed by atoms with Crippen LogP contribution in [0.15, 0.2) is 54.6 Å². The van der Waals surface area contributed by atoms with Crippen LogP contribution >= 0.6 is 0 Å². The number of benzene rings is 2. The van der Waals surface area contributed by atoms with Crippen molar-refractivity contribution in [2.75, 3.05) is 18.4 Å². The molecule has 0 radical (unpaired) electrons. The van der Waals surface area contributed by atoms with Gasteiger partial charge in [-0.15, -0.1) is 13.2 Å². The smallest absolute Gasteiger partial charge is 0.444 e. The maximum Gasteiger partial charge on any atom is 0.573 e. The molecule has 0 aromatic heterocycles. The molecule has 0 unspecified atom stereocenters. The van der Waals surface area contributed by atoms with Gasteiger partial charge in [0.15, 0.2) is 0 Å². The summed E-state index contributed by atoms with van der Waals surface area (Å²) in [7, 11) is 0. The van der Waals surface area contributed by atoms with Gasteiger partial charge in [0, 0.05) is 24.7 Å². The van der Waals surface area contributed by atoms with Crippen LogP contribution in [0.3, 0.4) is 0 Å². The van der Waals surface area contributed by atoms with E-state index in [1.54, 1.807) is 20.8 Å². The first-order chi connectivity index (χ1) is 15.4. The molecule has 2 atom stereocenters. The summed E-state index contributed by atoms with van der Waals surface area (Å²) in [5.41, 5.74) is 0.673. The van der Waals surface area contributed by atoms with Gasteiger partial charge in [-0.2, -0.15) is 0 Å². The largest absolute Gasteiger partial charge is 0.573 e. The lowest BCUT2D eigenvalue weighted by atomic mass is 9.84. The minimum absolute atomic E-state index is 0.0641. The van der Waals surface area contributed by atoms with Crippen molar-refractivity contribution >= 4 is 17.7 Å². The lowest BCUT2D eigenvalue weighted by Gasteiger charge is -2.38. The van der Waals surface area contributed by atoms with Crippen molar-refractivity contribution in [2.45, 2.75) is 45.1 Å². The lowest BCUT2D eigenvalue weighted by molar-refractivity contribution is -0.274. The number of ether oxygens (including phenoxy) is 2. The van der Waals surface area contributed by atoms with Crippen molar-refractivity contribution in [1.82, 2.24) is 4.90 Å². The standard InChI is InChI=1S/C24H27F3N2O4/c1-23(2,3)33-22(31)29-14-17(16-7-5-4-6-8-16)13-18(15-29)21(30)28-19-9-11-20(12-10-19)32-24(25,26)27/h4-12,17-18H,13-15H2,1-3H3,(H,28,30)/t17-,18-/m0/s1. The van der Waals surface area contributed by atoms with Crippen LogP contribution in [0.4, 0.5) is 23.7 Å². The monoisotopic (exact) mass is 464 g/mol. The summed E-state index contributed by atoms with van der Waals surface area (Å²) in [6.45, 7) is 5.94. The van der Waals surface area contributed by atoms with Crippen molar-refractivity contribution in [3.05, 3.63) is 60.2 Å². The lowest BCUT2D eigenvalue weighted by Crippen LogP contribution is -2.48. The molecule has 6 nitrogen and oxygen atoms in total. The number of hydrogen-bond donors (Lipinski definition) is 1. The third-order valence-electron chi connectivity index (χ3n) is 5.10. The molecule has 1 aliphatic rings. The van der Waals surface area contributed by atoms with Gasteiger partial charge in [-0.1, -0.05) is 30.3 Å². The van der Waals surface area contributed by atoms with Gasteiger partial charge in [-0.05, 0) is 57.0 Å². The highest BCUT2D eigenvalue weighted by Gasteiger charge is 2.36. The molecular weight excluding hydrogens is 437 g/mol. The van der Waals surface area contributed by atoms with Gasteiger partial charge in [0.05, 0.1) is 5.92 Å². The third-order valence-corrected chi connectivity index (χ3v) is 5.10. The number of carbonyl (C=O) groups is 2. The van der Waals surface area contributed by atoms with Gasteiger partial charge in [0.25, 0.3) is 0 Å². The number of nitrogens with one attached hydrogen (secondary N) is 1. The summed E-state index contributed by atoms with van der Waals surface area (Å²) < 4.78 is 46.4. The molecule has 1 saturated heterocycles. The molecule has 2 aromatic rings. The van der Waals surface area contributed by atoms with E-state index in [0.717, 1.165) is 17.7 Å². The van der Waals surface area contributed by atoms with Crippen molar-refractivity contribution < 1.29 is 32.2 Å². The molecule has 9 heteroatoms. The molecule has 1 N–H and O–H groups in total. The van der Waals surface area contributed by atoms with E-state index in [-0.39, 0.29) is 24.1 Å². The van der Waals surface area contributed by atoms with Crippen molar-refractivity contribution in [3.8, 4) is 5.75 Å². The first-order valence-electron chi connectivity index (χ1n) is 10.6. The molecule has 1 heterocycles. The van der Waals surface area contributed by atoms with E-state index in [0.29, 0.717) is 18.7 Å². The van der Waals surface area contributed by atoms with Gasteiger partial charge >= 0.3 is 12.5 Å². The van der Waals surface area contributed by atoms with E-state index in [1.165, 1.54) is 17.0 Å². The zero-order valence-corrected chi connectivity index (χ0v) is 18.7. The van der Waals surface area contributed by atoms with E-state index in [1.807, 2.05) is 30.3 Å². The van der Waals surface area contributed by atoms with Crippen LogP contribution in [0.25, 0.3) is 0 Å². The van der Waals surface area contributed by atoms with Crippen LogP contribution in [-0.4, -0.2) is 42.0 Å². The van der Waals surface area contributed by atoms with Gasteiger partial charge in [0.1, 0.15) is 11.4 Å². The first-order valence-corrected chi connectivity index (χ1v) is 10.6. The summed E-state index contributed by atoms with van der Waals surface area (Å²) in [6, 6.07) is 14.5. The van der Waals surface area contributed by atoms with Crippen molar-refractivity contribution in [1.29, 1.82) is 0 Å². The average Bonchev–Trinajstić information content (AvgIpc) is 2.73. The van der Waals surface area contributed by atoms with Crippen molar-refractivity contribution in [3.63, 3.8) is 0 Å². The minimum Gasteiger partial charge on any atom is -0.444 e. The summed E-state index contributed by atoms with van der Waals surface area (Å²) in [5, 5.41) is 2.73. The van der Waals surface area contributed by atoms with Gasteiger partial charge in [-0.3, -0.25) is 4.79 Å². The molecule has 0 saturated carbocycles. The van der Waals surface area contributed by atoms with Crippen LogP contribution in [-0.2, 0) is 9.53 Å². The second kappa shape index (κ2) is 9.72. The van der Waals surface area contributed by atoms with E-state index in [9.17, 15) is 22.8 Å². The number of piperidine rings is 1. The number of amides is 2. The first kappa shape index (κ1) is 24.4. The number of alkyl halides is 3. The van der Waals surface area contributed by atoms with Crippen LogP contribution in [0.5, 0.6) is 5.75 Å². The van der Waals surface area contributed by atoms with E-state index in [4.69, 9.17) is 4.74 Å². The Morgan fingerprint density at radius 2 is 1.61 bits per heavy atom. The third kappa shape index (κ3) is 7.40. The summed E-state index contributed by atoms with van der Waals surface area (Å²) >= 11 is 0. The molecule has 0 spiro atoms. The Morgan fingerprint density at radius 1 is 0.970 bits per heavy atom. The maximum atomic E-state index is 13.0. The number of anilines is 1. The molecule has 2 amide bonds. The highest BCUT2D eigenvalue weighted by atomic mass is 19.4. The fourth-order valence-electron chi connectivity index (χ4n) is 3.72. The molecule has 0 bridgehead atoms. The van der Waals surface area contributed by atoms with Crippen LogP contribution in [0.2, 0.25) is 0 Å². The molecule has 33 heavy (non-hydrogen) atoms. The van der Waals surface area contributed by atoms with Gasteiger partial charge < -0.3 is 19.7 Å². The van der Waals surface area contributed by atoms with Crippen LogP contribution in [0.1, 0.15) is 38.7 Å². The number of halogens is 3. The van der Waals surface area contributed by atoms with E-state index >= 15 is 0 Å². The SMILES string of the molecule is CC(C)(C)OC(=O)N1C[C@@H](C(=O)Nc2ccc(OC(F)(F)F)cc2)C[C@H](c2ccccc2)C1. The molecular formula is C24H27F3N2O4. The summed E-state index contributed by atoms with van der Waals surface area (Å²) in [5.74, 6) is -1.29. The fraction of sp³-hybridized carbons (Fsp3) is 0.417. The number of nitrogens with zero attached hydrogens (tertiary/aromatic N) is 1. The highest BCUT2D eigenvalue weighted by Crippen LogP contribution is 2.32. The Bertz CT molecular complexity index is 956. The zero-order chi connectivity index (χ0) is 24.2. The normalized spacial score (nSPS) is 19.0. The predicted molar refractivity (Wildman–Crippen MR) is 117 cm³/mol. The topological polar surface area (TPSA) is 67.9 Å². The van der Waals surface area contributed by atoms with Crippen LogP contribution < -0.4 is 10.1 Å². The second-order valence-corrected chi connectivity index (χ2v) is 8.99. The quantitative estimate of drug-likeness (QED) is 0.643. The molecule has 0 aliphatic carbocycles. The molecule has 178 valence electrons. The Labute approximate surface area is 190 Å². The summed E-state index contributed by atoms with van der Waals surface area (Å²) in [4.78, 5) is 27.3. The number of likely N-dealkylation sites (tertiary alicyclic amines) is 1. The Morgan fingerprint density at radius 3 is 2.18 bits per heavy atom. The Kier molecular flexibility index (Phi) is 7.19. The number of carbonyl (C=O) groups excluding carboxylic acids is 2. The number of rotatable bonds is 4. The van der Waals surface area contributed by atoms with E-state index in [2.05, 4.69) is 10.1 Å². The minimum atomic E-state index is -4.79. The van der Waals surface area contributed by atoms with E-state index < -0.39 is 24.0 Å². The molecule has 1 aliphatic heterocycles. The van der Waals surface area contributed by atoms with Crippen LogP contribution in [0, 0.1) is 5.92 Å². The second-order valence-electron chi connectivity index (χ2n) is 8.99. The molecule has 2 aromatic carbocycles. The fourth-order valence-corrected chi connectivity index (χ4v) is 3.72. The van der Waals surface area contributed by atoms with Gasteiger partial charge in [0.2, 0.25) is 5.91 Å². The Balaban J connectivity index is 1.73. The highest BCUT2D eigenvalue weighted by molar-refractivity contribution is 5.93. The Hall–Kier alpha value is -3.23. The predicted octanol–water partition coefficient (Wildman–Crippen LogP) is 5.56. The maximum absolute atomic E-state index is 13.0. The van der Waals surface area contributed by atoms with Crippen molar-refractivity contribution in [2.24, 2.45) is 5.92 Å². The summed E-state index contributed by atoms with van der Waals surface area (Å²) in [6.07, 6.45) is -4.76. The molecule has 3 rings (SSSR count). The average molecular weight is 464 g/mol. The molecule has 1 fully saturated rings.